The predicted molar refractivity (Wildman–Crippen MR) is 81.4 cm³/mol. The van der Waals surface area contributed by atoms with Gasteiger partial charge >= 0.3 is 0 Å². The highest BCUT2D eigenvalue weighted by Gasteiger charge is 2.33. The van der Waals surface area contributed by atoms with E-state index in [-0.39, 0.29) is 6.61 Å². The SMILES string of the molecule is CN1CCCC2CN(Cc3ccc(CO)cc3)CCC21. The summed E-state index contributed by atoms with van der Waals surface area (Å²) in [5, 5.41) is 9.09. The highest BCUT2D eigenvalue weighted by molar-refractivity contribution is 5.22. The molecule has 2 atom stereocenters. The number of rotatable bonds is 3. The molecule has 0 saturated carbocycles. The molecule has 2 saturated heterocycles. The van der Waals surface area contributed by atoms with Crippen molar-refractivity contribution in [1.29, 1.82) is 0 Å². The van der Waals surface area contributed by atoms with E-state index in [0.717, 1.165) is 24.1 Å². The van der Waals surface area contributed by atoms with Gasteiger partial charge < -0.3 is 10.0 Å². The van der Waals surface area contributed by atoms with Crippen LogP contribution in [0, 0.1) is 5.92 Å². The third kappa shape index (κ3) is 3.05. The molecular weight excluding hydrogens is 248 g/mol. The van der Waals surface area contributed by atoms with E-state index in [1.807, 2.05) is 12.1 Å². The van der Waals surface area contributed by atoms with Crippen LogP contribution in [0.3, 0.4) is 0 Å². The second-order valence-electron chi connectivity index (χ2n) is 6.45. The lowest BCUT2D eigenvalue weighted by Gasteiger charge is -2.46. The van der Waals surface area contributed by atoms with Crippen molar-refractivity contribution in [1.82, 2.24) is 9.80 Å². The second-order valence-corrected chi connectivity index (χ2v) is 6.45. The van der Waals surface area contributed by atoms with E-state index in [4.69, 9.17) is 5.11 Å². The molecule has 0 aromatic heterocycles. The summed E-state index contributed by atoms with van der Waals surface area (Å²) in [4.78, 5) is 5.18. The van der Waals surface area contributed by atoms with Crippen LogP contribution >= 0.6 is 0 Å². The Balaban J connectivity index is 1.58. The third-order valence-electron chi connectivity index (χ3n) is 5.04. The minimum atomic E-state index is 0.139. The standard InChI is InChI=1S/C17H26N2O/c1-18-9-2-3-16-12-19(10-8-17(16)18)11-14-4-6-15(13-20)7-5-14/h4-7,16-17,20H,2-3,8-13H2,1H3. The summed E-state index contributed by atoms with van der Waals surface area (Å²) >= 11 is 0. The molecule has 2 aliphatic rings. The highest BCUT2D eigenvalue weighted by Crippen LogP contribution is 2.30. The van der Waals surface area contributed by atoms with Gasteiger partial charge in [0.1, 0.15) is 0 Å². The Morgan fingerprint density at radius 3 is 2.60 bits per heavy atom. The minimum Gasteiger partial charge on any atom is -0.392 e. The zero-order valence-corrected chi connectivity index (χ0v) is 12.5. The van der Waals surface area contributed by atoms with Gasteiger partial charge in [0.15, 0.2) is 0 Å². The van der Waals surface area contributed by atoms with Crippen LogP contribution in [0.25, 0.3) is 0 Å². The number of nitrogens with zero attached hydrogens (tertiary/aromatic N) is 2. The topological polar surface area (TPSA) is 26.7 Å². The number of aliphatic hydroxyl groups is 1. The molecule has 2 unspecified atom stereocenters. The first-order valence-electron chi connectivity index (χ1n) is 7.87. The van der Waals surface area contributed by atoms with Gasteiger partial charge in [-0.3, -0.25) is 4.90 Å². The molecule has 2 heterocycles. The Bertz CT molecular complexity index is 431. The maximum atomic E-state index is 9.09. The van der Waals surface area contributed by atoms with E-state index in [9.17, 15) is 0 Å². The number of hydrogen-bond acceptors (Lipinski definition) is 3. The van der Waals surface area contributed by atoms with Gasteiger partial charge in [0.05, 0.1) is 6.61 Å². The lowest BCUT2D eigenvalue weighted by atomic mass is 9.84. The molecule has 1 aromatic rings. The zero-order chi connectivity index (χ0) is 13.9. The van der Waals surface area contributed by atoms with Crippen LogP contribution in [0.4, 0.5) is 0 Å². The lowest BCUT2D eigenvalue weighted by molar-refractivity contribution is 0.0355. The van der Waals surface area contributed by atoms with Crippen LogP contribution < -0.4 is 0 Å². The molecule has 110 valence electrons. The van der Waals surface area contributed by atoms with E-state index in [0.29, 0.717) is 0 Å². The number of aliphatic hydroxyl groups excluding tert-OH is 1. The molecule has 0 aliphatic carbocycles. The van der Waals surface area contributed by atoms with Crippen molar-refractivity contribution >= 4 is 0 Å². The van der Waals surface area contributed by atoms with Gasteiger partial charge in [0.25, 0.3) is 0 Å². The zero-order valence-electron chi connectivity index (χ0n) is 12.5. The Morgan fingerprint density at radius 1 is 1.10 bits per heavy atom. The maximum absolute atomic E-state index is 9.09. The van der Waals surface area contributed by atoms with Gasteiger partial charge in [-0.2, -0.15) is 0 Å². The molecule has 1 aromatic carbocycles. The van der Waals surface area contributed by atoms with Crippen LogP contribution in [0.15, 0.2) is 24.3 Å². The van der Waals surface area contributed by atoms with Crippen LogP contribution in [-0.2, 0) is 13.2 Å². The van der Waals surface area contributed by atoms with Crippen molar-refractivity contribution in [3.63, 3.8) is 0 Å². The van der Waals surface area contributed by atoms with Crippen molar-refractivity contribution in [2.45, 2.75) is 38.5 Å². The van der Waals surface area contributed by atoms with Crippen LogP contribution in [0.1, 0.15) is 30.4 Å². The first-order chi connectivity index (χ1) is 9.76. The molecule has 0 spiro atoms. The first kappa shape index (κ1) is 14.1. The van der Waals surface area contributed by atoms with E-state index >= 15 is 0 Å². The number of fused-ring (bicyclic) bond motifs is 1. The quantitative estimate of drug-likeness (QED) is 0.914. The van der Waals surface area contributed by atoms with Gasteiger partial charge in [-0.15, -0.1) is 0 Å². The molecule has 0 bridgehead atoms. The minimum absolute atomic E-state index is 0.139. The summed E-state index contributed by atoms with van der Waals surface area (Å²) < 4.78 is 0. The second kappa shape index (κ2) is 6.25. The van der Waals surface area contributed by atoms with E-state index in [1.165, 1.54) is 44.5 Å². The third-order valence-corrected chi connectivity index (χ3v) is 5.04. The van der Waals surface area contributed by atoms with Crippen molar-refractivity contribution in [3.05, 3.63) is 35.4 Å². The normalized spacial score (nSPS) is 28.3. The number of piperidine rings is 2. The van der Waals surface area contributed by atoms with Gasteiger partial charge in [-0.1, -0.05) is 24.3 Å². The molecule has 3 heteroatoms. The molecular formula is C17H26N2O. The lowest BCUT2D eigenvalue weighted by Crippen LogP contribution is -2.52. The van der Waals surface area contributed by atoms with Crippen LogP contribution in [0.2, 0.25) is 0 Å². The van der Waals surface area contributed by atoms with E-state index < -0.39 is 0 Å². The summed E-state index contributed by atoms with van der Waals surface area (Å²) in [5.41, 5.74) is 2.37. The summed E-state index contributed by atoms with van der Waals surface area (Å²) in [6, 6.07) is 9.21. The average molecular weight is 274 g/mol. The summed E-state index contributed by atoms with van der Waals surface area (Å²) in [6.07, 6.45) is 4.07. The van der Waals surface area contributed by atoms with Gasteiger partial charge in [0.2, 0.25) is 0 Å². The fraction of sp³-hybridized carbons (Fsp3) is 0.647. The van der Waals surface area contributed by atoms with Crippen molar-refractivity contribution in [2.24, 2.45) is 5.92 Å². The summed E-state index contributed by atoms with van der Waals surface area (Å²) in [5.74, 6) is 0.860. The highest BCUT2D eigenvalue weighted by atomic mass is 16.3. The van der Waals surface area contributed by atoms with Crippen molar-refractivity contribution in [2.75, 3.05) is 26.7 Å². The monoisotopic (exact) mass is 274 g/mol. The summed E-state index contributed by atoms with van der Waals surface area (Å²) in [7, 11) is 2.29. The van der Waals surface area contributed by atoms with Crippen LogP contribution in [0.5, 0.6) is 0 Å². The fourth-order valence-electron chi connectivity index (χ4n) is 3.88. The van der Waals surface area contributed by atoms with E-state index in [1.54, 1.807) is 0 Å². The first-order valence-corrected chi connectivity index (χ1v) is 7.87. The van der Waals surface area contributed by atoms with Gasteiger partial charge in [-0.05, 0) is 56.4 Å². The Hall–Kier alpha value is -0.900. The van der Waals surface area contributed by atoms with Crippen LogP contribution in [-0.4, -0.2) is 47.6 Å². The van der Waals surface area contributed by atoms with Crippen molar-refractivity contribution in [3.8, 4) is 0 Å². The van der Waals surface area contributed by atoms with E-state index in [2.05, 4.69) is 29.0 Å². The number of benzene rings is 1. The number of hydrogen-bond donors (Lipinski definition) is 1. The Kier molecular flexibility index (Phi) is 4.39. The molecule has 2 fully saturated rings. The molecule has 20 heavy (non-hydrogen) atoms. The number of likely N-dealkylation sites (tertiary alicyclic amines) is 2. The van der Waals surface area contributed by atoms with Gasteiger partial charge in [-0.25, -0.2) is 0 Å². The smallest absolute Gasteiger partial charge is 0.0681 e. The molecule has 2 aliphatic heterocycles. The molecule has 3 nitrogen and oxygen atoms in total. The summed E-state index contributed by atoms with van der Waals surface area (Å²) in [6.45, 7) is 4.94. The fourth-order valence-corrected chi connectivity index (χ4v) is 3.88. The van der Waals surface area contributed by atoms with Gasteiger partial charge in [0, 0.05) is 19.1 Å². The predicted octanol–water partition coefficient (Wildman–Crippen LogP) is 2.09. The maximum Gasteiger partial charge on any atom is 0.0681 e. The largest absolute Gasteiger partial charge is 0.392 e. The Labute approximate surface area is 122 Å². The Morgan fingerprint density at radius 2 is 1.85 bits per heavy atom. The average Bonchev–Trinajstić information content (AvgIpc) is 2.48. The molecule has 3 rings (SSSR count). The molecule has 0 amide bonds. The molecule has 0 radical (unpaired) electrons. The molecule has 1 N–H and O–H groups in total. The van der Waals surface area contributed by atoms with Crippen molar-refractivity contribution < 1.29 is 5.11 Å².